The van der Waals surface area contributed by atoms with Crippen LogP contribution in [0.4, 0.5) is 0 Å². The highest BCUT2D eigenvalue weighted by molar-refractivity contribution is 4.88. The molecule has 0 aromatic carbocycles. The van der Waals surface area contributed by atoms with Crippen molar-refractivity contribution in [1.82, 2.24) is 10.2 Å². The van der Waals surface area contributed by atoms with Crippen LogP contribution in [-0.2, 0) is 0 Å². The molecule has 0 aliphatic heterocycles. The topological polar surface area (TPSA) is 35.5 Å². The van der Waals surface area contributed by atoms with Crippen molar-refractivity contribution in [1.29, 1.82) is 0 Å². The molecule has 17 heavy (non-hydrogen) atoms. The van der Waals surface area contributed by atoms with Crippen LogP contribution in [-0.4, -0.2) is 49.8 Å². The number of rotatable bonds is 9. The van der Waals surface area contributed by atoms with E-state index in [1.807, 2.05) is 0 Å². The van der Waals surface area contributed by atoms with Crippen molar-refractivity contribution in [2.45, 2.75) is 45.4 Å². The predicted molar refractivity (Wildman–Crippen MR) is 73.3 cm³/mol. The summed E-state index contributed by atoms with van der Waals surface area (Å²) in [6.07, 6.45) is 7.63. The summed E-state index contributed by atoms with van der Waals surface area (Å²) in [5, 5.41) is 12.5. The van der Waals surface area contributed by atoms with E-state index in [9.17, 15) is 0 Å². The lowest BCUT2D eigenvalue weighted by Crippen LogP contribution is -2.41. The van der Waals surface area contributed by atoms with E-state index in [1.54, 1.807) is 0 Å². The van der Waals surface area contributed by atoms with E-state index in [0.717, 1.165) is 19.5 Å². The largest absolute Gasteiger partial charge is 0.396 e. The molecule has 0 spiro atoms. The summed E-state index contributed by atoms with van der Waals surface area (Å²) in [6.45, 7) is 7.05. The fraction of sp³-hybridized carbons (Fsp3) is 1.00. The molecule has 0 amide bonds. The lowest BCUT2D eigenvalue weighted by Gasteiger charge is -2.34. The summed E-state index contributed by atoms with van der Waals surface area (Å²) >= 11 is 0. The second-order valence-electron chi connectivity index (χ2n) is 5.70. The standard InChI is InChI=1S/C14H30N2O/c1-3-9-15-12-14(7-4-5-8-14)13-16(2)10-6-11-17/h15,17H,3-13H2,1-2H3. The van der Waals surface area contributed by atoms with Gasteiger partial charge in [0.05, 0.1) is 0 Å². The maximum atomic E-state index is 8.87. The van der Waals surface area contributed by atoms with E-state index in [-0.39, 0.29) is 0 Å². The van der Waals surface area contributed by atoms with Crippen molar-refractivity contribution in [3.63, 3.8) is 0 Å². The van der Waals surface area contributed by atoms with Crippen LogP contribution in [0.2, 0.25) is 0 Å². The summed E-state index contributed by atoms with van der Waals surface area (Å²) in [5.74, 6) is 0. The zero-order valence-electron chi connectivity index (χ0n) is 11.7. The Bertz CT molecular complexity index is 191. The molecule has 3 nitrogen and oxygen atoms in total. The van der Waals surface area contributed by atoms with E-state index < -0.39 is 0 Å². The predicted octanol–water partition coefficient (Wildman–Crippen LogP) is 1.86. The number of aliphatic hydroxyl groups excluding tert-OH is 1. The molecule has 1 rings (SSSR count). The molecule has 0 atom stereocenters. The molecule has 0 aromatic rings. The average Bonchev–Trinajstić information content (AvgIpc) is 2.75. The van der Waals surface area contributed by atoms with Gasteiger partial charge in [0.25, 0.3) is 0 Å². The second-order valence-corrected chi connectivity index (χ2v) is 5.70. The van der Waals surface area contributed by atoms with Gasteiger partial charge in [-0.15, -0.1) is 0 Å². The van der Waals surface area contributed by atoms with E-state index in [0.29, 0.717) is 12.0 Å². The van der Waals surface area contributed by atoms with Gasteiger partial charge in [0, 0.05) is 26.2 Å². The number of hydrogen-bond acceptors (Lipinski definition) is 3. The Morgan fingerprint density at radius 3 is 2.59 bits per heavy atom. The Morgan fingerprint density at radius 2 is 2.00 bits per heavy atom. The van der Waals surface area contributed by atoms with Crippen LogP contribution < -0.4 is 5.32 Å². The molecule has 0 bridgehead atoms. The Morgan fingerprint density at radius 1 is 1.29 bits per heavy atom. The lowest BCUT2D eigenvalue weighted by molar-refractivity contribution is 0.161. The van der Waals surface area contributed by atoms with Crippen LogP contribution in [0, 0.1) is 5.41 Å². The smallest absolute Gasteiger partial charge is 0.0443 e. The molecular formula is C14H30N2O. The van der Waals surface area contributed by atoms with Crippen molar-refractivity contribution < 1.29 is 5.11 Å². The second kappa shape index (κ2) is 8.06. The summed E-state index contributed by atoms with van der Waals surface area (Å²) < 4.78 is 0. The molecule has 1 saturated carbocycles. The summed E-state index contributed by atoms with van der Waals surface area (Å²) in [7, 11) is 2.19. The maximum Gasteiger partial charge on any atom is 0.0443 e. The van der Waals surface area contributed by atoms with Gasteiger partial charge in [0.1, 0.15) is 0 Å². The molecule has 3 heteroatoms. The van der Waals surface area contributed by atoms with Gasteiger partial charge in [-0.25, -0.2) is 0 Å². The molecule has 1 aliphatic rings. The number of nitrogens with zero attached hydrogens (tertiary/aromatic N) is 1. The molecule has 2 N–H and O–H groups in total. The van der Waals surface area contributed by atoms with Crippen molar-refractivity contribution in [3.05, 3.63) is 0 Å². The molecule has 0 aromatic heterocycles. The van der Waals surface area contributed by atoms with Crippen LogP contribution in [0.25, 0.3) is 0 Å². The first-order valence-electron chi connectivity index (χ1n) is 7.22. The molecule has 1 fully saturated rings. The van der Waals surface area contributed by atoms with Gasteiger partial charge in [-0.05, 0) is 44.7 Å². The van der Waals surface area contributed by atoms with Gasteiger partial charge in [-0.3, -0.25) is 0 Å². The van der Waals surface area contributed by atoms with E-state index in [1.165, 1.54) is 45.2 Å². The molecule has 1 aliphatic carbocycles. The number of nitrogens with one attached hydrogen (secondary N) is 1. The van der Waals surface area contributed by atoms with E-state index >= 15 is 0 Å². The van der Waals surface area contributed by atoms with E-state index in [2.05, 4.69) is 24.2 Å². The quantitative estimate of drug-likeness (QED) is 0.606. The van der Waals surface area contributed by atoms with Crippen LogP contribution in [0.1, 0.15) is 45.4 Å². The van der Waals surface area contributed by atoms with Crippen molar-refractivity contribution in [2.75, 3.05) is 39.8 Å². The molecular weight excluding hydrogens is 212 g/mol. The molecule has 0 unspecified atom stereocenters. The molecule has 102 valence electrons. The summed E-state index contributed by atoms with van der Waals surface area (Å²) in [6, 6.07) is 0. The minimum atomic E-state index is 0.311. The Kier molecular flexibility index (Phi) is 7.09. The summed E-state index contributed by atoms with van der Waals surface area (Å²) in [5.41, 5.74) is 0.499. The average molecular weight is 242 g/mol. The van der Waals surface area contributed by atoms with Crippen molar-refractivity contribution >= 4 is 0 Å². The highest BCUT2D eigenvalue weighted by Crippen LogP contribution is 2.38. The van der Waals surface area contributed by atoms with Gasteiger partial charge in [0.15, 0.2) is 0 Å². The fourth-order valence-corrected chi connectivity index (χ4v) is 3.04. The normalized spacial score (nSPS) is 19.1. The molecule has 0 heterocycles. The highest BCUT2D eigenvalue weighted by Gasteiger charge is 2.34. The lowest BCUT2D eigenvalue weighted by atomic mass is 9.85. The Balaban J connectivity index is 2.35. The minimum absolute atomic E-state index is 0.311. The van der Waals surface area contributed by atoms with Crippen molar-refractivity contribution in [3.8, 4) is 0 Å². The van der Waals surface area contributed by atoms with Crippen LogP contribution in [0.15, 0.2) is 0 Å². The SMILES string of the molecule is CCCNCC1(CN(C)CCCO)CCCC1. The van der Waals surface area contributed by atoms with Gasteiger partial charge in [-0.2, -0.15) is 0 Å². The molecule has 0 radical (unpaired) electrons. The third-order valence-corrected chi connectivity index (χ3v) is 3.89. The van der Waals surface area contributed by atoms with Crippen LogP contribution >= 0.6 is 0 Å². The van der Waals surface area contributed by atoms with Crippen molar-refractivity contribution in [2.24, 2.45) is 5.41 Å². The zero-order valence-corrected chi connectivity index (χ0v) is 11.7. The number of aliphatic hydroxyl groups is 1. The van der Waals surface area contributed by atoms with Gasteiger partial charge < -0.3 is 15.3 Å². The minimum Gasteiger partial charge on any atom is -0.396 e. The monoisotopic (exact) mass is 242 g/mol. The fourth-order valence-electron chi connectivity index (χ4n) is 3.04. The number of hydrogen-bond donors (Lipinski definition) is 2. The first-order valence-corrected chi connectivity index (χ1v) is 7.22. The van der Waals surface area contributed by atoms with Gasteiger partial charge in [0.2, 0.25) is 0 Å². The van der Waals surface area contributed by atoms with E-state index in [4.69, 9.17) is 5.11 Å². The molecule has 0 saturated heterocycles. The van der Waals surface area contributed by atoms with Gasteiger partial charge in [-0.1, -0.05) is 19.8 Å². The van der Waals surface area contributed by atoms with Gasteiger partial charge >= 0.3 is 0 Å². The third kappa shape index (κ3) is 5.36. The third-order valence-electron chi connectivity index (χ3n) is 3.89. The zero-order chi connectivity index (χ0) is 12.6. The Hall–Kier alpha value is -0.120. The first kappa shape index (κ1) is 14.9. The first-order chi connectivity index (χ1) is 8.22. The van der Waals surface area contributed by atoms with Crippen LogP contribution in [0.5, 0.6) is 0 Å². The Labute approximate surface area is 107 Å². The summed E-state index contributed by atoms with van der Waals surface area (Å²) in [4.78, 5) is 2.40. The van der Waals surface area contributed by atoms with Crippen LogP contribution in [0.3, 0.4) is 0 Å². The maximum absolute atomic E-state index is 8.87. The highest BCUT2D eigenvalue weighted by atomic mass is 16.3.